The number of hydrogen-bond donors (Lipinski definition) is 0. The van der Waals surface area contributed by atoms with Crippen LogP contribution in [0, 0.1) is 0 Å². The zero-order valence-corrected chi connectivity index (χ0v) is 9.27. The van der Waals surface area contributed by atoms with Gasteiger partial charge < -0.3 is 14.0 Å². The molecule has 5 heteroatoms. The number of aromatic nitrogens is 3. The molecule has 0 saturated carbocycles. The Morgan fingerprint density at radius 2 is 2.53 bits per heavy atom. The highest BCUT2D eigenvalue weighted by Crippen LogP contribution is 2.33. The summed E-state index contributed by atoms with van der Waals surface area (Å²) in [6.45, 7) is 4.33. The number of ether oxygens (including phenoxy) is 2. The summed E-state index contributed by atoms with van der Waals surface area (Å²) >= 11 is 0. The monoisotopic (exact) mass is 211 g/mol. The first kappa shape index (κ1) is 10.6. The number of methoxy groups -OCH3 is 1. The van der Waals surface area contributed by atoms with Crippen molar-refractivity contribution in [1.29, 1.82) is 0 Å². The van der Waals surface area contributed by atoms with E-state index in [0.717, 1.165) is 31.8 Å². The molecule has 1 aromatic heterocycles. The molecular formula is C10H17N3O2. The maximum atomic E-state index is 5.74. The van der Waals surface area contributed by atoms with Gasteiger partial charge in [0.05, 0.1) is 6.61 Å². The van der Waals surface area contributed by atoms with Gasteiger partial charge in [-0.05, 0) is 19.8 Å². The van der Waals surface area contributed by atoms with Crippen molar-refractivity contribution in [2.24, 2.45) is 0 Å². The summed E-state index contributed by atoms with van der Waals surface area (Å²) in [6, 6.07) is 0. The van der Waals surface area contributed by atoms with E-state index in [1.165, 1.54) is 0 Å². The van der Waals surface area contributed by atoms with Crippen LogP contribution in [0.4, 0.5) is 0 Å². The van der Waals surface area contributed by atoms with E-state index in [9.17, 15) is 0 Å². The van der Waals surface area contributed by atoms with E-state index in [1.54, 1.807) is 13.4 Å². The molecule has 1 fully saturated rings. The Kier molecular flexibility index (Phi) is 3.02. The molecule has 1 unspecified atom stereocenters. The van der Waals surface area contributed by atoms with Gasteiger partial charge in [-0.3, -0.25) is 0 Å². The SMILES string of the molecule is COCCn1cnnc1C1(C)CCCO1. The molecule has 0 bridgehead atoms. The standard InChI is InChI=1S/C10H17N3O2/c1-10(4-3-6-15-10)9-12-11-8-13(9)5-7-14-2/h8H,3-7H2,1-2H3. The van der Waals surface area contributed by atoms with Crippen molar-refractivity contribution in [3.05, 3.63) is 12.2 Å². The summed E-state index contributed by atoms with van der Waals surface area (Å²) in [5.74, 6) is 0.914. The zero-order chi connectivity index (χ0) is 10.7. The van der Waals surface area contributed by atoms with Crippen LogP contribution in [0.2, 0.25) is 0 Å². The second-order valence-corrected chi connectivity index (χ2v) is 4.02. The van der Waals surface area contributed by atoms with Crippen molar-refractivity contribution in [3.63, 3.8) is 0 Å². The number of hydrogen-bond acceptors (Lipinski definition) is 4. The third kappa shape index (κ3) is 2.03. The summed E-state index contributed by atoms with van der Waals surface area (Å²) in [6.07, 6.45) is 3.84. The molecule has 0 amide bonds. The van der Waals surface area contributed by atoms with Gasteiger partial charge >= 0.3 is 0 Å². The van der Waals surface area contributed by atoms with Gasteiger partial charge in [-0.2, -0.15) is 0 Å². The first-order chi connectivity index (χ1) is 7.26. The Morgan fingerprint density at radius 1 is 1.67 bits per heavy atom. The lowest BCUT2D eigenvalue weighted by Gasteiger charge is -2.22. The van der Waals surface area contributed by atoms with Gasteiger partial charge in [-0.1, -0.05) is 0 Å². The molecule has 1 atom stereocenters. The number of rotatable bonds is 4. The molecule has 0 aliphatic carbocycles. The molecule has 1 aliphatic heterocycles. The van der Waals surface area contributed by atoms with Crippen LogP contribution < -0.4 is 0 Å². The molecule has 1 aliphatic rings. The second kappa shape index (κ2) is 4.28. The Bertz CT molecular complexity index is 318. The second-order valence-electron chi connectivity index (χ2n) is 4.02. The Balaban J connectivity index is 2.16. The Morgan fingerprint density at radius 3 is 3.20 bits per heavy atom. The average molecular weight is 211 g/mol. The van der Waals surface area contributed by atoms with E-state index in [-0.39, 0.29) is 5.60 Å². The molecule has 1 aromatic rings. The zero-order valence-electron chi connectivity index (χ0n) is 9.27. The summed E-state index contributed by atoms with van der Waals surface area (Å²) in [5, 5.41) is 8.10. The van der Waals surface area contributed by atoms with Gasteiger partial charge in [0.1, 0.15) is 11.9 Å². The largest absolute Gasteiger partial charge is 0.383 e. The molecule has 15 heavy (non-hydrogen) atoms. The summed E-state index contributed by atoms with van der Waals surface area (Å²) in [4.78, 5) is 0. The summed E-state index contributed by atoms with van der Waals surface area (Å²) in [5.41, 5.74) is -0.260. The topological polar surface area (TPSA) is 49.2 Å². The minimum Gasteiger partial charge on any atom is -0.383 e. The van der Waals surface area contributed by atoms with E-state index in [2.05, 4.69) is 17.1 Å². The molecule has 2 heterocycles. The predicted octanol–water partition coefficient (Wildman–Crippen LogP) is 0.950. The third-order valence-corrected chi connectivity index (χ3v) is 2.84. The average Bonchev–Trinajstić information content (AvgIpc) is 2.84. The fourth-order valence-corrected chi connectivity index (χ4v) is 1.97. The van der Waals surface area contributed by atoms with E-state index in [1.807, 2.05) is 4.57 Å². The molecule has 0 spiro atoms. The molecule has 0 N–H and O–H groups in total. The molecule has 2 rings (SSSR count). The first-order valence-electron chi connectivity index (χ1n) is 5.27. The first-order valence-corrected chi connectivity index (χ1v) is 5.27. The highest BCUT2D eigenvalue weighted by molar-refractivity contribution is 5.02. The minimum atomic E-state index is -0.260. The van der Waals surface area contributed by atoms with Crippen LogP contribution in [0.5, 0.6) is 0 Å². The van der Waals surface area contributed by atoms with E-state index >= 15 is 0 Å². The van der Waals surface area contributed by atoms with Gasteiger partial charge in [0, 0.05) is 20.3 Å². The van der Waals surface area contributed by atoms with Crippen LogP contribution in [-0.2, 0) is 21.6 Å². The highest BCUT2D eigenvalue weighted by atomic mass is 16.5. The van der Waals surface area contributed by atoms with Crippen molar-refractivity contribution in [1.82, 2.24) is 14.8 Å². The van der Waals surface area contributed by atoms with Gasteiger partial charge in [0.25, 0.3) is 0 Å². The lowest BCUT2D eigenvalue weighted by molar-refractivity contribution is 0.00541. The van der Waals surface area contributed by atoms with Gasteiger partial charge in [0.2, 0.25) is 0 Å². The Hall–Kier alpha value is -0.940. The van der Waals surface area contributed by atoms with Crippen molar-refractivity contribution in [2.45, 2.75) is 31.9 Å². The van der Waals surface area contributed by atoms with Crippen molar-refractivity contribution >= 4 is 0 Å². The van der Waals surface area contributed by atoms with Gasteiger partial charge in [-0.15, -0.1) is 10.2 Å². The Labute approximate surface area is 89.4 Å². The van der Waals surface area contributed by atoms with E-state index < -0.39 is 0 Å². The lowest BCUT2D eigenvalue weighted by Crippen LogP contribution is -2.26. The molecule has 0 aromatic carbocycles. The third-order valence-electron chi connectivity index (χ3n) is 2.84. The fraction of sp³-hybridized carbons (Fsp3) is 0.800. The highest BCUT2D eigenvalue weighted by Gasteiger charge is 2.36. The maximum Gasteiger partial charge on any atom is 0.164 e. The van der Waals surface area contributed by atoms with Gasteiger partial charge in [-0.25, -0.2) is 0 Å². The molecule has 84 valence electrons. The van der Waals surface area contributed by atoms with Crippen molar-refractivity contribution in [3.8, 4) is 0 Å². The van der Waals surface area contributed by atoms with Crippen LogP contribution in [0.3, 0.4) is 0 Å². The van der Waals surface area contributed by atoms with Crippen LogP contribution in [-0.4, -0.2) is 35.1 Å². The van der Waals surface area contributed by atoms with E-state index in [4.69, 9.17) is 9.47 Å². The minimum absolute atomic E-state index is 0.260. The molecular weight excluding hydrogens is 194 g/mol. The molecule has 1 saturated heterocycles. The smallest absolute Gasteiger partial charge is 0.164 e. The van der Waals surface area contributed by atoms with Crippen molar-refractivity contribution in [2.75, 3.05) is 20.3 Å². The van der Waals surface area contributed by atoms with Crippen molar-refractivity contribution < 1.29 is 9.47 Å². The van der Waals surface area contributed by atoms with Crippen LogP contribution in [0.1, 0.15) is 25.6 Å². The lowest BCUT2D eigenvalue weighted by atomic mass is 10.0. The fourth-order valence-electron chi connectivity index (χ4n) is 1.97. The van der Waals surface area contributed by atoms with E-state index in [0.29, 0.717) is 6.61 Å². The van der Waals surface area contributed by atoms with Crippen LogP contribution in [0.25, 0.3) is 0 Å². The summed E-state index contributed by atoms with van der Waals surface area (Å²) < 4.78 is 12.8. The molecule has 5 nitrogen and oxygen atoms in total. The molecule has 0 radical (unpaired) electrons. The maximum absolute atomic E-state index is 5.74. The van der Waals surface area contributed by atoms with Crippen LogP contribution in [0.15, 0.2) is 6.33 Å². The summed E-state index contributed by atoms with van der Waals surface area (Å²) in [7, 11) is 1.69. The van der Waals surface area contributed by atoms with Gasteiger partial charge in [0.15, 0.2) is 5.82 Å². The number of nitrogens with zero attached hydrogens (tertiary/aromatic N) is 3. The van der Waals surface area contributed by atoms with Crippen LogP contribution >= 0.6 is 0 Å². The normalized spacial score (nSPS) is 26.0. The quantitative estimate of drug-likeness (QED) is 0.744. The predicted molar refractivity (Wildman–Crippen MR) is 54.4 cm³/mol.